The number of rotatable bonds is 3. The van der Waals surface area contributed by atoms with E-state index in [1.54, 1.807) is 7.05 Å². The van der Waals surface area contributed by atoms with E-state index in [0.29, 0.717) is 12.4 Å². The van der Waals surface area contributed by atoms with Crippen LogP contribution < -0.4 is 5.32 Å². The minimum atomic E-state index is -0.923. The number of aromatic nitrogens is 3. The number of carboxylic acid groups (broad SMARTS) is 1. The predicted molar refractivity (Wildman–Crippen MR) is 48.9 cm³/mol. The number of carboxylic acids is 1. The first-order chi connectivity index (χ1) is 7.09. The van der Waals surface area contributed by atoms with E-state index in [0.717, 1.165) is 0 Å². The predicted octanol–water partition coefficient (Wildman–Crippen LogP) is -0.526. The van der Waals surface area contributed by atoms with Gasteiger partial charge in [0, 0.05) is 7.05 Å². The Balaban J connectivity index is 1.95. The summed E-state index contributed by atoms with van der Waals surface area (Å²) in [7, 11) is 1.64. The summed E-state index contributed by atoms with van der Waals surface area (Å²) in [5.41, 5.74) is 0. The Morgan fingerprint density at radius 3 is 2.80 bits per heavy atom. The zero-order valence-electron chi connectivity index (χ0n) is 8.04. The van der Waals surface area contributed by atoms with Crippen molar-refractivity contribution in [1.29, 1.82) is 0 Å². The highest BCUT2D eigenvalue weighted by Crippen LogP contribution is 2.39. The number of anilines is 1. The molecule has 7 nitrogen and oxygen atoms in total. The van der Waals surface area contributed by atoms with E-state index in [1.165, 1.54) is 11.0 Å². The Labute approximate surface area is 85.1 Å². The number of carbonyl (C=O) groups excluding carboxylic acids is 1. The van der Waals surface area contributed by atoms with E-state index in [-0.39, 0.29) is 5.91 Å². The molecule has 2 atom stereocenters. The Bertz CT molecular complexity index is 414. The molecule has 1 fully saturated rings. The molecular weight excluding hydrogens is 200 g/mol. The Hall–Kier alpha value is -1.92. The maximum Gasteiger partial charge on any atom is 0.307 e. The lowest BCUT2D eigenvalue weighted by molar-refractivity contribution is -0.139. The van der Waals surface area contributed by atoms with Gasteiger partial charge in [-0.2, -0.15) is 10.1 Å². The number of amides is 1. The topological polar surface area (TPSA) is 97.1 Å². The van der Waals surface area contributed by atoms with E-state index < -0.39 is 17.8 Å². The first kappa shape index (κ1) is 9.63. The van der Waals surface area contributed by atoms with E-state index in [9.17, 15) is 9.59 Å². The SMILES string of the molecule is Cn1ncnc1NC(=O)C1CC1C(=O)O. The van der Waals surface area contributed by atoms with Crippen LogP contribution in [0.5, 0.6) is 0 Å². The van der Waals surface area contributed by atoms with Gasteiger partial charge in [-0.25, -0.2) is 4.68 Å². The fourth-order valence-electron chi connectivity index (χ4n) is 1.37. The zero-order chi connectivity index (χ0) is 11.0. The molecule has 1 aromatic heterocycles. The molecule has 2 rings (SSSR count). The van der Waals surface area contributed by atoms with Gasteiger partial charge < -0.3 is 5.11 Å². The first-order valence-electron chi connectivity index (χ1n) is 4.47. The lowest BCUT2D eigenvalue weighted by Crippen LogP contribution is -2.19. The summed E-state index contributed by atoms with van der Waals surface area (Å²) in [4.78, 5) is 25.8. The largest absolute Gasteiger partial charge is 0.481 e. The molecule has 80 valence electrons. The number of nitrogens with zero attached hydrogens (tertiary/aromatic N) is 3. The highest BCUT2D eigenvalue weighted by Gasteiger charge is 2.48. The van der Waals surface area contributed by atoms with Crippen molar-refractivity contribution in [2.45, 2.75) is 6.42 Å². The molecule has 0 spiro atoms. The van der Waals surface area contributed by atoms with Crippen molar-refractivity contribution in [2.75, 3.05) is 5.32 Å². The maximum atomic E-state index is 11.5. The number of carbonyl (C=O) groups is 2. The summed E-state index contributed by atoms with van der Waals surface area (Å²) in [6, 6.07) is 0. The lowest BCUT2D eigenvalue weighted by Gasteiger charge is -2.01. The van der Waals surface area contributed by atoms with Crippen LogP contribution in [0.1, 0.15) is 6.42 Å². The summed E-state index contributed by atoms with van der Waals surface area (Å²) in [5, 5.41) is 14.9. The highest BCUT2D eigenvalue weighted by atomic mass is 16.4. The van der Waals surface area contributed by atoms with E-state index in [4.69, 9.17) is 5.11 Å². The molecule has 0 aliphatic heterocycles. The van der Waals surface area contributed by atoms with Gasteiger partial charge in [-0.05, 0) is 6.42 Å². The van der Waals surface area contributed by atoms with Crippen molar-refractivity contribution >= 4 is 17.8 Å². The molecule has 7 heteroatoms. The second-order valence-electron chi connectivity index (χ2n) is 3.48. The molecule has 2 N–H and O–H groups in total. The molecule has 0 radical (unpaired) electrons. The molecule has 1 aliphatic carbocycles. The molecule has 0 saturated heterocycles. The van der Waals surface area contributed by atoms with Crippen molar-refractivity contribution in [3.8, 4) is 0 Å². The van der Waals surface area contributed by atoms with E-state index in [1.807, 2.05) is 0 Å². The minimum absolute atomic E-state index is 0.307. The molecule has 2 unspecified atom stereocenters. The van der Waals surface area contributed by atoms with Crippen molar-refractivity contribution in [1.82, 2.24) is 14.8 Å². The van der Waals surface area contributed by atoms with Gasteiger partial charge in [0.05, 0.1) is 11.8 Å². The fourth-order valence-corrected chi connectivity index (χ4v) is 1.37. The van der Waals surface area contributed by atoms with Crippen molar-refractivity contribution < 1.29 is 14.7 Å². The first-order valence-corrected chi connectivity index (χ1v) is 4.47. The quantitative estimate of drug-likeness (QED) is 0.699. The van der Waals surface area contributed by atoms with Gasteiger partial charge in [0.1, 0.15) is 6.33 Å². The summed E-state index contributed by atoms with van der Waals surface area (Å²) < 4.78 is 1.41. The molecule has 0 aromatic carbocycles. The molecule has 1 aromatic rings. The van der Waals surface area contributed by atoms with Crippen LogP contribution in [0, 0.1) is 11.8 Å². The standard InChI is InChI=1S/C8H10N4O3/c1-12-8(9-3-10-12)11-6(13)4-2-5(4)7(14)15/h3-5H,2H2,1H3,(H,14,15)(H,9,10,11,13). The van der Waals surface area contributed by atoms with Crippen LogP contribution in [-0.4, -0.2) is 31.7 Å². The van der Waals surface area contributed by atoms with Gasteiger partial charge in [0.2, 0.25) is 11.9 Å². The molecule has 1 saturated carbocycles. The Kier molecular flexibility index (Phi) is 2.14. The second kappa shape index (κ2) is 3.34. The summed E-state index contributed by atoms with van der Waals surface area (Å²) >= 11 is 0. The number of aliphatic carboxylic acids is 1. The Morgan fingerprint density at radius 2 is 2.33 bits per heavy atom. The third-order valence-electron chi connectivity index (χ3n) is 2.39. The van der Waals surface area contributed by atoms with Crippen LogP contribution in [0.4, 0.5) is 5.95 Å². The fraction of sp³-hybridized carbons (Fsp3) is 0.500. The zero-order valence-corrected chi connectivity index (χ0v) is 8.04. The number of aryl methyl sites for hydroxylation is 1. The summed E-state index contributed by atoms with van der Waals surface area (Å²) in [6.45, 7) is 0. The highest BCUT2D eigenvalue weighted by molar-refractivity contribution is 5.97. The second-order valence-corrected chi connectivity index (χ2v) is 3.48. The summed E-state index contributed by atoms with van der Waals surface area (Å²) in [6.07, 6.45) is 1.72. The average molecular weight is 210 g/mol. The lowest BCUT2D eigenvalue weighted by atomic mass is 10.3. The molecule has 0 bridgehead atoms. The van der Waals surface area contributed by atoms with Crippen LogP contribution in [0.15, 0.2) is 6.33 Å². The number of hydrogen-bond acceptors (Lipinski definition) is 4. The van der Waals surface area contributed by atoms with Gasteiger partial charge in [-0.1, -0.05) is 0 Å². The number of hydrogen-bond donors (Lipinski definition) is 2. The van der Waals surface area contributed by atoms with E-state index >= 15 is 0 Å². The van der Waals surface area contributed by atoms with Crippen LogP contribution in [0.2, 0.25) is 0 Å². The van der Waals surface area contributed by atoms with Crippen LogP contribution in [-0.2, 0) is 16.6 Å². The molecule has 1 aliphatic rings. The molecule has 15 heavy (non-hydrogen) atoms. The Morgan fingerprint density at radius 1 is 1.60 bits per heavy atom. The van der Waals surface area contributed by atoms with Gasteiger partial charge in [0.15, 0.2) is 0 Å². The maximum absolute atomic E-state index is 11.5. The van der Waals surface area contributed by atoms with Gasteiger partial charge in [0.25, 0.3) is 0 Å². The van der Waals surface area contributed by atoms with Crippen molar-refractivity contribution in [3.63, 3.8) is 0 Å². The van der Waals surface area contributed by atoms with Crippen LogP contribution in [0.25, 0.3) is 0 Å². The third-order valence-corrected chi connectivity index (χ3v) is 2.39. The normalized spacial score (nSPS) is 23.5. The van der Waals surface area contributed by atoms with Gasteiger partial charge in [-0.15, -0.1) is 0 Å². The van der Waals surface area contributed by atoms with Crippen LogP contribution in [0.3, 0.4) is 0 Å². The molecule has 1 heterocycles. The minimum Gasteiger partial charge on any atom is -0.481 e. The van der Waals surface area contributed by atoms with E-state index in [2.05, 4.69) is 15.4 Å². The molecule has 1 amide bonds. The van der Waals surface area contributed by atoms with Gasteiger partial charge in [-0.3, -0.25) is 14.9 Å². The third kappa shape index (κ3) is 1.80. The van der Waals surface area contributed by atoms with Crippen molar-refractivity contribution in [3.05, 3.63) is 6.33 Å². The van der Waals surface area contributed by atoms with Gasteiger partial charge >= 0.3 is 5.97 Å². The summed E-state index contributed by atoms with van der Waals surface area (Å²) in [5.74, 6) is -1.87. The average Bonchev–Trinajstić information content (AvgIpc) is 2.88. The van der Waals surface area contributed by atoms with Crippen molar-refractivity contribution in [2.24, 2.45) is 18.9 Å². The molecular formula is C8H10N4O3. The smallest absolute Gasteiger partial charge is 0.307 e. The monoisotopic (exact) mass is 210 g/mol. The number of nitrogens with one attached hydrogen (secondary N) is 1. The van der Waals surface area contributed by atoms with Crippen LogP contribution >= 0.6 is 0 Å².